The summed E-state index contributed by atoms with van der Waals surface area (Å²) in [4.78, 5) is 4.28. The van der Waals surface area contributed by atoms with Gasteiger partial charge in [0.25, 0.3) is 0 Å². The number of hydrogen-bond donors (Lipinski definition) is 1. The average Bonchev–Trinajstić information content (AvgIpc) is 2.91. The van der Waals surface area contributed by atoms with Crippen LogP contribution < -0.4 is 5.32 Å². The van der Waals surface area contributed by atoms with E-state index in [9.17, 15) is 0 Å². The van der Waals surface area contributed by atoms with Crippen molar-refractivity contribution in [3.8, 4) is 0 Å². The minimum atomic E-state index is -0.128. The number of aromatic nitrogens is 3. The Balaban J connectivity index is 2.31. The van der Waals surface area contributed by atoms with Gasteiger partial charge in [-0.3, -0.25) is 0 Å². The van der Waals surface area contributed by atoms with Crippen molar-refractivity contribution in [3.05, 3.63) is 35.3 Å². The van der Waals surface area contributed by atoms with E-state index >= 15 is 0 Å². The molecule has 0 aromatic carbocycles. The van der Waals surface area contributed by atoms with Crippen molar-refractivity contribution in [2.24, 2.45) is 0 Å². The van der Waals surface area contributed by atoms with Gasteiger partial charge in [0, 0.05) is 6.54 Å². The summed E-state index contributed by atoms with van der Waals surface area (Å²) in [5.74, 6) is 1.57. The summed E-state index contributed by atoms with van der Waals surface area (Å²) in [5.41, 5.74) is 0. The molecule has 0 aliphatic rings. The van der Waals surface area contributed by atoms with E-state index in [2.05, 4.69) is 22.3 Å². The fraction of sp³-hybridized carbons (Fsp3) is 0.455. The van der Waals surface area contributed by atoms with Gasteiger partial charge in [-0.1, -0.05) is 6.92 Å². The summed E-state index contributed by atoms with van der Waals surface area (Å²) >= 11 is 5.79. The predicted molar refractivity (Wildman–Crippen MR) is 64.9 cm³/mol. The van der Waals surface area contributed by atoms with Gasteiger partial charge in [0.2, 0.25) is 0 Å². The highest BCUT2D eigenvalue weighted by Gasteiger charge is 2.21. The Morgan fingerprint density at radius 1 is 1.53 bits per heavy atom. The van der Waals surface area contributed by atoms with Gasteiger partial charge in [-0.2, -0.15) is 5.10 Å². The summed E-state index contributed by atoms with van der Waals surface area (Å²) in [6, 6.07) is 3.44. The normalized spacial score (nSPS) is 12.9. The lowest BCUT2D eigenvalue weighted by molar-refractivity contribution is 0.435. The van der Waals surface area contributed by atoms with Crippen LogP contribution in [0.5, 0.6) is 0 Å². The molecule has 0 bridgehead atoms. The zero-order chi connectivity index (χ0) is 12.3. The Labute approximate surface area is 105 Å². The molecule has 1 atom stereocenters. The smallest absolute Gasteiger partial charge is 0.193 e. The van der Waals surface area contributed by atoms with E-state index in [-0.39, 0.29) is 6.04 Å². The van der Waals surface area contributed by atoms with Crippen LogP contribution in [-0.4, -0.2) is 21.8 Å². The van der Waals surface area contributed by atoms with Crippen molar-refractivity contribution in [2.45, 2.75) is 25.9 Å². The first kappa shape index (κ1) is 12.1. The number of nitrogens with zero attached hydrogens (tertiary/aromatic N) is 3. The fourth-order valence-electron chi connectivity index (χ4n) is 1.76. The molecule has 1 N–H and O–H groups in total. The summed E-state index contributed by atoms with van der Waals surface area (Å²) in [6.07, 6.45) is 2.56. The van der Waals surface area contributed by atoms with Gasteiger partial charge in [0.15, 0.2) is 11.0 Å². The largest absolute Gasteiger partial charge is 0.448 e. The topological polar surface area (TPSA) is 55.9 Å². The van der Waals surface area contributed by atoms with Crippen molar-refractivity contribution in [1.29, 1.82) is 0 Å². The first-order valence-corrected chi connectivity index (χ1v) is 5.94. The molecule has 1 unspecified atom stereocenters. The third-order valence-electron chi connectivity index (χ3n) is 2.51. The molecule has 0 amide bonds. The Kier molecular flexibility index (Phi) is 3.81. The highest BCUT2D eigenvalue weighted by molar-refractivity contribution is 6.28. The standard InChI is InChI=1S/C11H15ClN4O/c1-3-6-16-11(14-7-15-16)10(13-2)8-4-5-9(12)17-8/h4-5,7,10,13H,3,6H2,1-2H3. The molecule has 17 heavy (non-hydrogen) atoms. The van der Waals surface area contributed by atoms with Gasteiger partial charge in [0.1, 0.15) is 18.1 Å². The van der Waals surface area contributed by atoms with Crippen molar-refractivity contribution >= 4 is 11.6 Å². The molecule has 2 aromatic rings. The van der Waals surface area contributed by atoms with Crippen LogP contribution in [0.1, 0.15) is 31.0 Å². The average molecular weight is 255 g/mol. The lowest BCUT2D eigenvalue weighted by Gasteiger charge is -2.13. The van der Waals surface area contributed by atoms with Crippen LogP contribution >= 0.6 is 11.6 Å². The second-order valence-electron chi connectivity index (χ2n) is 3.70. The molecular weight excluding hydrogens is 240 g/mol. The van der Waals surface area contributed by atoms with Gasteiger partial charge in [0.05, 0.1) is 0 Å². The predicted octanol–water partition coefficient (Wildman–Crippen LogP) is 2.24. The summed E-state index contributed by atoms with van der Waals surface area (Å²) in [7, 11) is 1.85. The molecule has 0 spiro atoms. The maximum absolute atomic E-state index is 5.79. The maximum atomic E-state index is 5.79. The Hall–Kier alpha value is -1.33. The molecule has 2 aromatic heterocycles. The van der Waals surface area contributed by atoms with E-state index in [4.69, 9.17) is 16.0 Å². The SMILES string of the molecule is CCCn1ncnc1C(NC)c1ccc(Cl)o1. The van der Waals surface area contributed by atoms with Crippen LogP contribution in [0.2, 0.25) is 5.22 Å². The quantitative estimate of drug-likeness (QED) is 0.889. The molecule has 5 nitrogen and oxygen atoms in total. The van der Waals surface area contributed by atoms with E-state index < -0.39 is 0 Å². The minimum Gasteiger partial charge on any atom is -0.448 e. The zero-order valence-corrected chi connectivity index (χ0v) is 10.6. The molecule has 0 saturated heterocycles. The number of rotatable bonds is 5. The molecule has 2 rings (SSSR count). The number of nitrogens with one attached hydrogen (secondary N) is 1. The molecular formula is C11H15ClN4O. The van der Waals surface area contributed by atoms with Crippen LogP contribution in [0.15, 0.2) is 22.9 Å². The van der Waals surface area contributed by atoms with E-state index in [1.54, 1.807) is 12.4 Å². The molecule has 0 saturated carbocycles. The van der Waals surface area contributed by atoms with Gasteiger partial charge in [-0.25, -0.2) is 9.67 Å². The lowest BCUT2D eigenvalue weighted by atomic mass is 10.2. The van der Waals surface area contributed by atoms with Gasteiger partial charge >= 0.3 is 0 Å². The second kappa shape index (κ2) is 5.33. The van der Waals surface area contributed by atoms with Crippen LogP contribution in [0.3, 0.4) is 0 Å². The van der Waals surface area contributed by atoms with Crippen LogP contribution in [0.4, 0.5) is 0 Å². The van der Waals surface area contributed by atoms with E-state index in [1.165, 1.54) is 0 Å². The highest BCUT2D eigenvalue weighted by Crippen LogP contribution is 2.24. The Morgan fingerprint density at radius 3 is 2.94 bits per heavy atom. The first-order chi connectivity index (χ1) is 8.26. The van der Waals surface area contributed by atoms with Crippen LogP contribution in [0.25, 0.3) is 0 Å². The number of aryl methyl sites for hydroxylation is 1. The Bertz CT molecular complexity index is 479. The van der Waals surface area contributed by atoms with Crippen molar-refractivity contribution in [1.82, 2.24) is 20.1 Å². The molecule has 0 aliphatic carbocycles. The van der Waals surface area contributed by atoms with Crippen molar-refractivity contribution in [3.63, 3.8) is 0 Å². The van der Waals surface area contributed by atoms with Crippen LogP contribution in [0, 0.1) is 0 Å². The van der Waals surface area contributed by atoms with E-state index in [0.29, 0.717) is 5.22 Å². The third kappa shape index (κ3) is 2.50. The zero-order valence-electron chi connectivity index (χ0n) is 9.85. The summed E-state index contributed by atoms with van der Waals surface area (Å²) < 4.78 is 7.29. The second-order valence-corrected chi connectivity index (χ2v) is 4.08. The lowest BCUT2D eigenvalue weighted by Crippen LogP contribution is -2.22. The maximum Gasteiger partial charge on any atom is 0.193 e. The van der Waals surface area contributed by atoms with Crippen molar-refractivity contribution < 1.29 is 4.42 Å². The first-order valence-electron chi connectivity index (χ1n) is 5.56. The van der Waals surface area contributed by atoms with Gasteiger partial charge in [-0.05, 0) is 37.2 Å². The number of hydrogen-bond acceptors (Lipinski definition) is 4. The number of halogens is 1. The van der Waals surface area contributed by atoms with Crippen molar-refractivity contribution in [2.75, 3.05) is 7.05 Å². The summed E-state index contributed by atoms with van der Waals surface area (Å²) in [6.45, 7) is 2.94. The molecule has 0 radical (unpaired) electrons. The van der Waals surface area contributed by atoms with Crippen LogP contribution in [-0.2, 0) is 6.54 Å². The third-order valence-corrected chi connectivity index (χ3v) is 2.71. The molecule has 0 aliphatic heterocycles. The molecule has 6 heteroatoms. The monoisotopic (exact) mass is 254 g/mol. The fourth-order valence-corrected chi connectivity index (χ4v) is 1.91. The van der Waals surface area contributed by atoms with E-state index in [1.807, 2.05) is 17.8 Å². The Morgan fingerprint density at radius 2 is 2.35 bits per heavy atom. The van der Waals surface area contributed by atoms with Gasteiger partial charge in [-0.15, -0.1) is 0 Å². The van der Waals surface area contributed by atoms with Gasteiger partial charge < -0.3 is 9.73 Å². The summed E-state index contributed by atoms with van der Waals surface area (Å²) in [5, 5.41) is 7.73. The minimum absolute atomic E-state index is 0.128. The number of furan rings is 1. The van der Waals surface area contributed by atoms with E-state index in [0.717, 1.165) is 24.6 Å². The molecule has 2 heterocycles. The molecule has 0 fully saturated rings. The molecule has 92 valence electrons. The highest BCUT2D eigenvalue weighted by atomic mass is 35.5.